The first-order chi connectivity index (χ1) is 8.19. The SMILES string of the molecule is CNc1cccc(Cn2ncc(C)cc2=O)n1. The van der Waals surface area contributed by atoms with E-state index >= 15 is 0 Å². The van der Waals surface area contributed by atoms with Crippen LogP contribution in [0.5, 0.6) is 0 Å². The summed E-state index contributed by atoms with van der Waals surface area (Å²) in [5.74, 6) is 0.780. The van der Waals surface area contributed by atoms with E-state index in [1.165, 1.54) is 4.68 Å². The van der Waals surface area contributed by atoms with Gasteiger partial charge in [0.25, 0.3) is 5.56 Å². The zero-order chi connectivity index (χ0) is 12.3. The van der Waals surface area contributed by atoms with E-state index < -0.39 is 0 Å². The molecule has 0 saturated carbocycles. The first kappa shape index (κ1) is 11.3. The van der Waals surface area contributed by atoms with Gasteiger partial charge in [0, 0.05) is 13.1 Å². The lowest BCUT2D eigenvalue weighted by atomic mass is 10.3. The minimum Gasteiger partial charge on any atom is -0.373 e. The molecule has 0 radical (unpaired) electrons. The molecule has 0 atom stereocenters. The molecule has 0 spiro atoms. The van der Waals surface area contributed by atoms with E-state index in [9.17, 15) is 4.79 Å². The van der Waals surface area contributed by atoms with Crippen molar-refractivity contribution in [3.8, 4) is 0 Å². The first-order valence-corrected chi connectivity index (χ1v) is 5.36. The van der Waals surface area contributed by atoms with E-state index in [1.807, 2.05) is 32.2 Å². The third kappa shape index (κ3) is 2.69. The van der Waals surface area contributed by atoms with Gasteiger partial charge in [-0.2, -0.15) is 5.10 Å². The van der Waals surface area contributed by atoms with Gasteiger partial charge in [-0.25, -0.2) is 9.67 Å². The van der Waals surface area contributed by atoms with Crippen LogP contribution in [0.15, 0.2) is 35.3 Å². The molecule has 88 valence electrons. The molecule has 0 aromatic carbocycles. The average Bonchev–Trinajstić information content (AvgIpc) is 2.33. The summed E-state index contributed by atoms with van der Waals surface area (Å²) in [5, 5.41) is 7.03. The summed E-state index contributed by atoms with van der Waals surface area (Å²) < 4.78 is 1.40. The zero-order valence-electron chi connectivity index (χ0n) is 9.84. The molecule has 0 amide bonds. The van der Waals surface area contributed by atoms with Crippen molar-refractivity contribution in [2.45, 2.75) is 13.5 Å². The molecule has 1 N–H and O–H groups in total. The van der Waals surface area contributed by atoms with Crippen LogP contribution < -0.4 is 10.9 Å². The summed E-state index contributed by atoms with van der Waals surface area (Å²) in [4.78, 5) is 16.0. The van der Waals surface area contributed by atoms with Gasteiger partial charge in [0.15, 0.2) is 0 Å². The van der Waals surface area contributed by atoms with Crippen LogP contribution in [-0.4, -0.2) is 21.8 Å². The Kier molecular flexibility index (Phi) is 3.18. The molecule has 0 aliphatic heterocycles. The summed E-state index contributed by atoms with van der Waals surface area (Å²) in [7, 11) is 1.81. The van der Waals surface area contributed by atoms with Crippen molar-refractivity contribution in [1.82, 2.24) is 14.8 Å². The lowest BCUT2D eigenvalue weighted by Crippen LogP contribution is -2.23. The largest absolute Gasteiger partial charge is 0.373 e. The fraction of sp³-hybridized carbons (Fsp3) is 0.250. The standard InChI is InChI=1S/C12H14N4O/c1-9-6-12(17)16(14-7-9)8-10-4-3-5-11(13-2)15-10/h3-7H,8H2,1-2H3,(H,13,15). The van der Waals surface area contributed by atoms with E-state index in [2.05, 4.69) is 15.4 Å². The van der Waals surface area contributed by atoms with E-state index in [1.54, 1.807) is 12.3 Å². The van der Waals surface area contributed by atoms with Crippen LogP contribution in [-0.2, 0) is 6.54 Å². The first-order valence-electron chi connectivity index (χ1n) is 5.36. The molecule has 5 nitrogen and oxygen atoms in total. The van der Waals surface area contributed by atoms with Gasteiger partial charge in [0.2, 0.25) is 0 Å². The van der Waals surface area contributed by atoms with Gasteiger partial charge < -0.3 is 5.32 Å². The quantitative estimate of drug-likeness (QED) is 0.855. The second-order valence-electron chi connectivity index (χ2n) is 3.79. The third-order valence-electron chi connectivity index (χ3n) is 2.38. The molecule has 0 unspecified atom stereocenters. The number of anilines is 1. The number of rotatable bonds is 3. The third-order valence-corrected chi connectivity index (χ3v) is 2.38. The van der Waals surface area contributed by atoms with Crippen molar-refractivity contribution >= 4 is 5.82 Å². The highest BCUT2D eigenvalue weighted by Crippen LogP contribution is 2.04. The van der Waals surface area contributed by atoms with Crippen LogP contribution in [0.3, 0.4) is 0 Å². The number of aromatic nitrogens is 3. The molecule has 2 heterocycles. The Balaban J connectivity index is 2.28. The molecule has 0 aliphatic rings. The molecule has 0 aliphatic carbocycles. The molecule has 0 saturated heterocycles. The van der Waals surface area contributed by atoms with Gasteiger partial charge in [-0.05, 0) is 24.6 Å². The minimum absolute atomic E-state index is 0.110. The maximum atomic E-state index is 11.7. The molecule has 0 fully saturated rings. The molecular weight excluding hydrogens is 216 g/mol. The Morgan fingerprint density at radius 1 is 1.41 bits per heavy atom. The second kappa shape index (κ2) is 4.78. The van der Waals surface area contributed by atoms with Crippen molar-refractivity contribution in [1.29, 1.82) is 0 Å². The molecule has 17 heavy (non-hydrogen) atoms. The molecule has 2 aromatic rings. The van der Waals surface area contributed by atoms with Crippen molar-refractivity contribution in [3.63, 3.8) is 0 Å². The van der Waals surface area contributed by atoms with E-state index in [0.29, 0.717) is 6.54 Å². The number of nitrogens with zero attached hydrogens (tertiary/aromatic N) is 3. The summed E-state index contributed by atoms with van der Waals surface area (Å²) in [6.07, 6.45) is 1.67. The Morgan fingerprint density at radius 3 is 2.94 bits per heavy atom. The summed E-state index contributed by atoms with van der Waals surface area (Å²) in [6.45, 7) is 2.23. The fourth-order valence-electron chi connectivity index (χ4n) is 1.50. The van der Waals surface area contributed by atoms with E-state index in [4.69, 9.17) is 0 Å². The minimum atomic E-state index is -0.110. The predicted octanol–water partition coefficient (Wildman–Crippen LogP) is 1.04. The molecule has 0 bridgehead atoms. The highest BCUT2D eigenvalue weighted by atomic mass is 16.1. The number of hydrogen-bond donors (Lipinski definition) is 1. The summed E-state index contributed by atoms with van der Waals surface area (Å²) in [5.41, 5.74) is 1.56. The van der Waals surface area contributed by atoms with Gasteiger partial charge in [0.1, 0.15) is 5.82 Å². The normalized spacial score (nSPS) is 10.2. The van der Waals surface area contributed by atoms with Crippen molar-refractivity contribution < 1.29 is 0 Å². The van der Waals surface area contributed by atoms with E-state index in [0.717, 1.165) is 17.1 Å². The lowest BCUT2D eigenvalue weighted by molar-refractivity contribution is 0.625. The van der Waals surface area contributed by atoms with Gasteiger partial charge in [0.05, 0.1) is 18.4 Å². The number of pyridine rings is 1. The summed E-state index contributed by atoms with van der Waals surface area (Å²) >= 11 is 0. The van der Waals surface area contributed by atoms with E-state index in [-0.39, 0.29) is 5.56 Å². The Labute approximate surface area is 99.1 Å². The molecule has 2 rings (SSSR count). The molecular formula is C12H14N4O. The van der Waals surface area contributed by atoms with Gasteiger partial charge >= 0.3 is 0 Å². The Bertz CT molecular complexity index is 577. The predicted molar refractivity (Wildman–Crippen MR) is 66.1 cm³/mol. The van der Waals surface area contributed by atoms with Gasteiger partial charge in [-0.1, -0.05) is 6.07 Å². The van der Waals surface area contributed by atoms with Crippen molar-refractivity contribution in [2.75, 3.05) is 12.4 Å². The fourth-order valence-corrected chi connectivity index (χ4v) is 1.50. The molecule has 5 heteroatoms. The highest BCUT2D eigenvalue weighted by molar-refractivity contribution is 5.34. The highest BCUT2D eigenvalue weighted by Gasteiger charge is 2.01. The Morgan fingerprint density at radius 2 is 2.24 bits per heavy atom. The van der Waals surface area contributed by atoms with Gasteiger partial charge in [-0.3, -0.25) is 4.79 Å². The second-order valence-corrected chi connectivity index (χ2v) is 3.79. The van der Waals surface area contributed by atoms with Crippen LogP contribution in [0.4, 0.5) is 5.82 Å². The topological polar surface area (TPSA) is 59.8 Å². The Hall–Kier alpha value is -2.17. The van der Waals surface area contributed by atoms with Crippen LogP contribution >= 0.6 is 0 Å². The maximum Gasteiger partial charge on any atom is 0.267 e. The number of nitrogens with one attached hydrogen (secondary N) is 1. The number of hydrogen-bond acceptors (Lipinski definition) is 4. The van der Waals surface area contributed by atoms with Crippen LogP contribution in [0, 0.1) is 6.92 Å². The van der Waals surface area contributed by atoms with Gasteiger partial charge in [-0.15, -0.1) is 0 Å². The average molecular weight is 230 g/mol. The summed E-state index contributed by atoms with van der Waals surface area (Å²) in [6, 6.07) is 7.20. The van der Waals surface area contributed by atoms with Crippen LogP contribution in [0.25, 0.3) is 0 Å². The monoisotopic (exact) mass is 230 g/mol. The van der Waals surface area contributed by atoms with Crippen LogP contribution in [0.2, 0.25) is 0 Å². The van der Waals surface area contributed by atoms with Crippen molar-refractivity contribution in [3.05, 3.63) is 52.1 Å². The number of aryl methyl sites for hydroxylation is 1. The smallest absolute Gasteiger partial charge is 0.267 e. The lowest BCUT2D eigenvalue weighted by Gasteiger charge is -2.05. The zero-order valence-corrected chi connectivity index (χ0v) is 9.84. The maximum absolute atomic E-state index is 11.7. The molecule has 2 aromatic heterocycles. The van der Waals surface area contributed by atoms with Crippen molar-refractivity contribution in [2.24, 2.45) is 0 Å². The van der Waals surface area contributed by atoms with Crippen LogP contribution in [0.1, 0.15) is 11.3 Å².